The third-order valence-electron chi connectivity index (χ3n) is 11.5. The van der Waals surface area contributed by atoms with Crippen molar-refractivity contribution in [1.82, 2.24) is 24.1 Å². The van der Waals surface area contributed by atoms with Crippen LogP contribution in [-0.4, -0.2) is 24.1 Å². The fourth-order valence-electron chi connectivity index (χ4n) is 8.91. The summed E-state index contributed by atoms with van der Waals surface area (Å²) in [6.07, 6.45) is 0. The molecule has 0 amide bonds. The van der Waals surface area contributed by atoms with E-state index in [9.17, 15) is 0 Å². The number of hydrogen-bond acceptors (Lipinski definition) is 5. The molecule has 0 spiro atoms. The molecule has 1 aliphatic heterocycles. The molecule has 8 aromatic carbocycles. The van der Waals surface area contributed by atoms with Crippen LogP contribution >= 0.6 is 23.1 Å². The van der Waals surface area contributed by atoms with E-state index in [1.54, 1.807) is 11.3 Å². The quantitative estimate of drug-likeness (QED) is 0.179. The van der Waals surface area contributed by atoms with Gasteiger partial charge in [-0.1, -0.05) is 121 Å². The van der Waals surface area contributed by atoms with Crippen LogP contribution in [0.15, 0.2) is 186 Å². The number of fused-ring (bicyclic) bond motifs is 11. The number of para-hydroxylation sites is 3. The molecule has 0 unspecified atom stereocenters. The Bertz CT molecular complexity index is 3670. The zero-order valence-electron chi connectivity index (χ0n) is 30.8. The first kappa shape index (κ1) is 32.1. The smallest absolute Gasteiger partial charge is 0.164 e. The van der Waals surface area contributed by atoms with Crippen molar-refractivity contribution < 1.29 is 0 Å². The van der Waals surface area contributed by atoms with Crippen molar-refractivity contribution in [3.63, 3.8) is 0 Å². The van der Waals surface area contributed by atoms with Gasteiger partial charge in [-0.3, -0.25) is 9.13 Å². The maximum absolute atomic E-state index is 5.18. The summed E-state index contributed by atoms with van der Waals surface area (Å²) in [5.74, 6) is 1.94. The van der Waals surface area contributed by atoms with E-state index in [0.29, 0.717) is 17.5 Å². The summed E-state index contributed by atoms with van der Waals surface area (Å²) < 4.78 is 7.39. The van der Waals surface area contributed by atoms with Crippen LogP contribution in [0.1, 0.15) is 0 Å². The molecule has 5 heterocycles. The van der Waals surface area contributed by atoms with Gasteiger partial charge in [-0.2, -0.15) is 0 Å². The average molecular weight is 776 g/mol. The number of nitrogens with zero attached hydrogens (tertiary/aromatic N) is 5. The molecule has 0 fully saturated rings. The van der Waals surface area contributed by atoms with Crippen LogP contribution in [0.2, 0.25) is 0 Å². The molecule has 1 aliphatic rings. The van der Waals surface area contributed by atoms with Crippen molar-refractivity contribution in [3.8, 4) is 45.5 Å². The molecule has 7 heteroatoms. The number of benzene rings is 8. The summed E-state index contributed by atoms with van der Waals surface area (Å²) in [6.45, 7) is 0. The highest BCUT2D eigenvalue weighted by atomic mass is 32.2. The van der Waals surface area contributed by atoms with Crippen LogP contribution < -0.4 is 0 Å². The van der Waals surface area contributed by atoms with Crippen molar-refractivity contribution in [3.05, 3.63) is 176 Å². The van der Waals surface area contributed by atoms with E-state index in [0.717, 1.165) is 27.8 Å². The number of hydrogen-bond donors (Lipinski definition) is 0. The van der Waals surface area contributed by atoms with Crippen molar-refractivity contribution in [2.24, 2.45) is 0 Å². The van der Waals surface area contributed by atoms with E-state index >= 15 is 0 Å². The van der Waals surface area contributed by atoms with Gasteiger partial charge in [0.15, 0.2) is 17.5 Å². The fraction of sp³-hybridized carbons (Fsp3) is 0. The molecule has 0 radical (unpaired) electrons. The van der Waals surface area contributed by atoms with Crippen molar-refractivity contribution in [2.45, 2.75) is 9.79 Å². The Morgan fingerprint density at radius 2 is 1.05 bits per heavy atom. The summed E-state index contributed by atoms with van der Waals surface area (Å²) in [5.41, 5.74) is 8.73. The van der Waals surface area contributed by atoms with E-state index in [-0.39, 0.29) is 0 Å². The monoisotopic (exact) mass is 775 g/mol. The van der Waals surface area contributed by atoms with Crippen molar-refractivity contribution >= 4 is 86.9 Å². The minimum absolute atomic E-state index is 0.637. The van der Waals surface area contributed by atoms with Gasteiger partial charge < -0.3 is 0 Å². The Hall–Kier alpha value is -7.06. The molecular weight excluding hydrogens is 747 g/mol. The molecule has 4 aromatic heterocycles. The van der Waals surface area contributed by atoms with Crippen LogP contribution in [0.5, 0.6) is 0 Å². The lowest BCUT2D eigenvalue weighted by molar-refractivity contribution is 1.03. The Balaban J connectivity index is 1.00. The summed E-state index contributed by atoms with van der Waals surface area (Å²) in [4.78, 5) is 18.0. The first-order valence-electron chi connectivity index (χ1n) is 19.4. The number of aromatic nitrogens is 5. The Labute approximate surface area is 340 Å². The minimum atomic E-state index is 0.637. The molecule has 12 aromatic rings. The Morgan fingerprint density at radius 1 is 0.414 bits per heavy atom. The SMILES string of the molecule is c1ccc2c(c1)Sc1cccc3c4c5ccccc5n(-c5ccc(-c6nc(-c7ccc8ccccc8c7)nc(-c7ccc8c(c7)sc7ccccc78)n6)cc5)c4n-2c13. The summed E-state index contributed by atoms with van der Waals surface area (Å²) in [5, 5.41) is 8.64. The van der Waals surface area contributed by atoms with E-state index in [4.69, 9.17) is 15.0 Å². The minimum Gasteiger partial charge on any atom is -0.295 e. The standard InChI is InChI=1S/C51H29N5S2/c1-2-11-32-28-33(21-20-30(32)10-1)49-52-48(53-50(54-49)34-24-27-37-36-12-4-7-17-42(36)57-45(37)29-34)31-22-25-35(26-23-31)55-40-15-5-3-13-38(40)46-39-14-9-19-44-47(39)56(51(46)55)41-16-6-8-18-43(41)58-44/h1-29H. The maximum Gasteiger partial charge on any atom is 0.164 e. The number of thiophene rings is 1. The fourth-order valence-corrected chi connectivity index (χ4v) is 11.1. The normalized spacial score (nSPS) is 12.4. The van der Waals surface area contributed by atoms with Gasteiger partial charge in [0.2, 0.25) is 0 Å². The number of rotatable bonds is 4. The first-order valence-corrected chi connectivity index (χ1v) is 21.0. The lowest BCUT2D eigenvalue weighted by atomic mass is 10.1. The lowest BCUT2D eigenvalue weighted by Crippen LogP contribution is -2.05. The molecule has 270 valence electrons. The predicted molar refractivity (Wildman–Crippen MR) is 242 cm³/mol. The second-order valence-electron chi connectivity index (χ2n) is 14.8. The van der Waals surface area contributed by atoms with Gasteiger partial charge in [-0.15, -0.1) is 11.3 Å². The zero-order valence-corrected chi connectivity index (χ0v) is 32.4. The third-order valence-corrected chi connectivity index (χ3v) is 13.8. The molecule has 0 atom stereocenters. The maximum atomic E-state index is 5.18. The molecule has 5 nitrogen and oxygen atoms in total. The molecular formula is C51H29N5S2. The Morgan fingerprint density at radius 3 is 1.93 bits per heavy atom. The highest BCUT2D eigenvalue weighted by molar-refractivity contribution is 7.99. The largest absolute Gasteiger partial charge is 0.295 e. The van der Waals surface area contributed by atoms with Crippen LogP contribution in [0.25, 0.3) is 109 Å². The first-order chi connectivity index (χ1) is 28.7. The van der Waals surface area contributed by atoms with Gasteiger partial charge in [-0.25, -0.2) is 15.0 Å². The van der Waals surface area contributed by atoms with Gasteiger partial charge in [0.05, 0.1) is 16.7 Å². The highest BCUT2D eigenvalue weighted by Crippen LogP contribution is 2.49. The van der Waals surface area contributed by atoms with Gasteiger partial charge in [0.1, 0.15) is 5.65 Å². The van der Waals surface area contributed by atoms with Crippen molar-refractivity contribution in [1.29, 1.82) is 0 Å². The van der Waals surface area contributed by atoms with E-state index in [1.165, 1.54) is 73.9 Å². The molecule has 0 saturated heterocycles. The second kappa shape index (κ2) is 12.2. The van der Waals surface area contributed by atoms with E-state index in [2.05, 4.69) is 185 Å². The Kier molecular flexibility index (Phi) is 6.76. The van der Waals surface area contributed by atoms with Crippen LogP contribution in [-0.2, 0) is 0 Å². The van der Waals surface area contributed by atoms with Crippen LogP contribution in [0.4, 0.5) is 0 Å². The molecule has 0 N–H and O–H groups in total. The van der Waals surface area contributed by atoms with Gasteiger partial charge in [0, 0.05) is 68.5 Å². The zero-order chi connectivity index (χ0) is 37.9. The van der Waals surface area contributed by atoms with Crippen molar-refractivity contribution in [2.75, 3.05) is 0 Å². The van der Waals surface area contributed by atoms with Gasteiger partial charge in [-0.05, 0) is 77.5 Å². The summed E-state index contributed by atoms with van der Waals surface area (Å²) >= 11 is 3.65. The topological polar surface area (TPSA) is 48.5 Å². The van der Waals surface area contributed by atoms with Crippen LogP contribution in [0, 0.1) is 0 Å². The van der Waals surface area contributed by atoms with Crippen LogP contribution in [0.3, 0.4) is 0 Å². The van der Waals surface area contributed by atoms with Gasteiger partial charge >= 0.3 is 0 Å². The molecule has 0 bridgehead atoms. The lowest BCUT2D eigenvalue weighted by Gasteiger charge is -2.21. The van der Waals surface area contributed by atoms with E-state index in [1.807, 2.05) is 11.8 Å². The molecule has 0 saturated carbocycles. The van der Waals surface area contributed by atoms with Gasteiger partial charge in [0.25, 0.3) is 0 Å². The highest BCUT2D eigenvalue weighted by Gasteiger charge is 2.27. The summed E-state index contributed by atoms with van der Waals surface area (Å²) in [6, 6.07) is 63.0. The second-order valence-corrected chi connectivity index (χ2v) is 17.0. The molecule has 58 heavy (non-hydrogen) atoms. The molecule has 0 aliphatic carbocycles. The summed E-state index contributed by atoms with van der Waals surface area (Å²) in [7, 11) is 0. The molecule has 13 rings (SSSR count). The van der Waals surface area contributed by atoms with E-state index < -0.39 is 0 Å². The third kappa shape index (κ3) is 4.69. The average Bonchev–Trinajstić information content (AvgIpc) is 3.94. The predicted octanol–water partition coefficient (Wildman–Crippen LogP) is 13.9.